The van der Waals surface area contributed by atoms with E-state index in [9.17, 15) is 5.11 Å². The molecule has 1 heterocycles. The average molecular weight is 317 g/mol. The Hall–Kier alpha value is -0.100. The molecule has 0 spiro atoms. The van der Waals surface area contributed by atoms with E-state index in [4.69, 9.17) is 0 Å². The number of nitrogens with one attached hydrogen (secondary N) is 1. The first-order chi connectivity index (χ1) is 8.13. The second kappa shape index (κ2) is 5.69. The van der Waals surface area contributed by atoms with Gasteiger partial charge in [0.25, 0.3) is 0 Å². The van der Waals surface area contributed by atoms with Crippen molar-refractivity contribution in [3.8, 4) is 0 Å². The third-order valence-corrected chi connectivity index (χ3v) is 5.01. The van der Waals surface area contributed by atoms with Crippen LogP contribution in [0.4, 0.5) is 0 Å². The maximum absolute atomic E-state index is 9.50. The number of rotatable bonds is 6. The second-order valence-electron chi connectivity index (χ2n) is 4.72. The largest absolute Gasteiger partial charge is 0.394 e. The van der Waals surface area contributed by atoms with Gasteiger partial charge >= 0.3 is 0 Å². The maximum atomic E-state index is 9.50. The number of hydrogen-bond acceptors (Lipinski definition) is 4. The zero-order valence-corrected chi connectivity index (χ0v) is 12.2. The number of aliphatic hydroxyl groups is 1. The van der Waals surface area contributed by atoms with Gasteiger partial charge in [-0.25, -0.2) is 4.98 Å². The summed E-state index contributed by atoms with van der Waals surface area (Å²) < 4.78 is 1.01. The van der Waals surface area contributed by atoms with Gasteiger partial charge < -0.3 is 10.4 Å². The first-order valence-electron chi connectivity index (χ1n) is 5.75. The molecule has 1 aromatic rings. The lowest BCUT2D eigenvalue weighted by Gasteiger charge is -2.28. The fourth-order valence-corrected chi connectivity index (χ4v) is 3.13. The van der Waals surface area contributed by atoms with Crippen molar-refractivity contribution in [3.63, 3.8) is 0 Å². The van der Waals surface area contributed by atoms with Gasteiger partial charge in [-0.3, -0.25) is 0 Å². The molecule has 1 aliphatic rings. The lowest BCUT2D eigenvalue weighted by atomic mass is 10.1. The van der Waals surface area contributed by atoms with E-state index in [2.05, 4.69) is 33.2 Å². The molecule has 1 fully saturated rings. The lowest BCUT2D eigenvalue weighted by Crippen LogP contribution is -2.49. The van der Waals surface area contributed by atoms with Crippen LogP contribution in [0.1, 0.15) is 19.8 Å². The Morgan fingerprint density at radius 3 is 3.00 bits per heavy atom. The third-order valence-electron chi connectivity index (χ3n) is 2.73. The van der Waals surface area contributed by atoms with E-state index in [0.717, 1.165) is 15.3 Å². The smallest absolute Gasteiger partial charge is 0.110 e. The maximum Gasteiger partial charge on any atom is 0.110 e. The van der Waals surface area contributed by atoms with Crippen LogP contribution in [0.3, 0.4) is 0 Å². The fourth-order valence-electron chi connectivity index (χ4n) is 1.56. The number of thioether (sulfide) groups is 1. The molecule has 0 aromatic carbocycles. The van der Waals surface area contributed by atoms with Gasteiger partial charge in [0.2, 0.25) is 0 Å². The first kappa shape index (κ1) is 13.3. The highest BCUT2D eigenvalue weighted by Crippen LogP contribution is 2.29. The Morgan fingerprint density at radius 1 is 1.65 bits per heavy atom. The lowest BCUT2D eigenvalue weighted by molar-refractivity contribution is 0.190. The van der Waals surface area contributed by atoms with Crippen LogP contribution in [0.5, 0.6) is 0 Å². The zero-order chi connectivity index (χ0) is 12.3. The highest BCUT2D eigenvalue weighted by molar-refractivity contribution is 9.10. The molecule has 94 valence electrons. The van der Waals surface area contributed by atoms with Crippen LogP contribution >= 0.6 is 27.7 Å². The van der Waals surface area contributed by atoms with Crippen molar-refractivity contribution in [1.29, 1.82) is 0 Å². The SMILES string of the molecule is CC(CO)(CSc1ncccc1Br)NC1CC1. The molecule has 1 aliphatic carbocycles. The molecular weight excluding hydrogens is 300 g/mol. The summed E-state index contributed by atoms with van der Waals surface area (Å²) in [6, 6.07) is 4.49. The van der Waals surface area contributed by atoms with Gasteiger partial charge in [0, 0.05) is 28.0 Å². The molecule has 5 heteroatoms. The van der Waals surface area contributed by atoms with Gasteiger partial charge in [-0.2, -0.15) is 0 Å². The molecule has 3 nitrogen and oxygen atoms in total. The van der Waals surface area contributed by atoms with Crippen LogP contribution < -0.4 is 5.32 Å². The minimum atomic E-state index is -0.219. The Labute approximate surface area is 115 Å². The van der Waals surface area contributed by atoms with Gasteiger partial charge in [0.05, 0.1) is 6.61 Å². The number of halogens is 1. The van der Waals surface area contributed by atoms with E-state index < -0.39 is 0 Å². The highest BCUT2D eigenvalue weighted by atomic mass is 79.9. The molecule has 0 saturated heterocycles. The Kier molecular flexibility index (Phi) is 4.47. The van der Waals surface area contributed by atoms with E-state index in [-0.39, 0.29) is 12.1 Å². The zero-order valence-electron chi connectivity index (χ0n) is 9.82. The summed E-state index contributed by atoms with van der Waals surface area (Å²) in [5, 5.41) is 14.0. The molecule has 0 aliphatic heterocycles. The van der Waals surface area contributed by atoms with Crippen molar-refractivity contribution in [3.05, 3.63) is 22.8 Å². The molecule has 0 amide bonds. The van der Waals surface area contributed by atoms with Crippen LogP contribution in [0, 0.1) is 0 Å². The van der Waals surface area contributed by atoms with E-state index in [1.54, 1.807) is 18.0 Å². The minimum Gasteiger partial charge on any atom is -0.394 e. The topological polar surface area (TPSA) is 45.2 Å². The molecule has 0 radical (unpaired) electrons. The van der Waals surface area contributed by atoms with Gasteiger partial charge in [-0.1, -0.05) is 0 Å². The second-order valence-corrected chi connectivity index (χ2v) is 6.53. The summed E-state index contributed by atoms with van der Waals surface area (Å²) in [4.78, 5) is 4.32. The van der Waals surface area contributed by atoms with E-state index in [1.807, 2.05) is 12.1 Å². The van der Waals surface area contributed by atoms with Crippen LogP contribution in [0.25, 0.3) is 0 Å². The van der Waals surface area contributed by atoms with Crippen molar-refractivity contribution >= 4 is 27.7 Å². The molecule has 1 atom stereocenters. The minimum absolute atomic E-state index is 0.154. The number of aromatic nitrogens is 1. The van der Waals surface area contributed by atoms with Gasteiger partial charge in [0.1, 0.15) is 5.03 Å². The Bertz CT molecular complexity index is 387. The Morgan fingerprint density at radius 2 is 2.41 bits per heavy atom. The Balaban J connectivity index is 1.92. The number of nitrogens with zero attached hydrogens (tertiary/aromatic N) is 1. The fraction of sp³-hybridized carbons (Fsp3) is 0.583. The van der Waals surface area contributed by atoms with Crippen LogP contribution in [0.15, 0.2) is 27.8 Å². The van der Waals surface area contributed by atoms with Gasteiger partial charge in [0.15, 0.2) is 0 Å². The number of hydrogen-bond donors (Lipinski definition) is 2. The molecule has 2 rings (SSSR count). The van der Waals surface area contributed by atoms with Crippen LogP contribution in [-0.4, -0.2) is 34.0 Å². The van der Waals surface area contributed by atoms with Crippen molar-refractivity contribution in [2.45, 2.75) is 36.4 Å². The summed E-state index contributed by atoms with van der Waals surface area (Å²) in [5.41, 5.74) is -0.219. The molecule has 2 N–H and O–H groups in total. The predicted molar refractivity (Wildman–Crippen MR) is 74.3 cm³/mol. The van der Waals surface area contributed by atoms with Crippen LogP contribution in [-0.2, 0) is 0 Å². The molecule has 1 unspecified atom stereocenters. The monoisotopic (exact) mass is 316 g/mol. The molecule has 1 saturated carbocycles. The van der Waals surface area contributed by atoms with E-state index in [0.29, 0.717) is 6.04 Å². The standard InChI is InChI=1S/C12H17BrN2OS/c1-12(7-16,15-9-4-5-9)8-17-11-10(13)3-2-6-14-11/h2-3,6,9,15-16H,4-5,7-8H2,1H3. The van der Waals surface area contributed by atoms with E-state index in [1.165, 1.54) is 12.8 Å². The quantitative estimate of drug-likeness (QED) is 0.791. The number of pyridine rings is 1. The molecule has 17 heavy (non-hydrogen) atoms. The molecule has 1 aromatic heterocycles. The van der Waals surface area contributed by atoms with Crippen molar-refractivity contribution in [2.75, 3.05) is 12.4 Å². The van der Waals surface area contributed by atoms with Crippen molar-refractivity contribution in [2.24, 2.45) is 0 Å². The average Bonchev–Trinajstić information content (AvgIpc) is 3.12. The molecular formula is C12H17BrN2OS. The first-order valence-corrected chi connectivity index (χ1v) is 7.53. The van der Waals surface area contributed by atoms with Crippen LogP contribution in [0.2, 0.25) is 0 Å². The van der Waals surface area contributed by atoms with Crippen molar-refractivity contribution < 1.29 is 5.11 Å². The number of aliphatic hydroxyl groups excluding tert-OH is 1. The summed E-state index contributed by atoms with van der Waals surface area (Å²) in [7, 11) is 0. The highest BCUT2D eigenvalue weighted by Gasteiger charge is 2.32. The van der Waals surface area contributed by atoms with E-state index >= 15 is 0 Å². The summed E-state index contributed by atoms with van der Waals surface area (Å²) in [6.45, 7) is 2.22. The van der Waals surface area contributed by atoms with Gasteiger partial charge in [-0.05, 0) is 47.8 Å². The molecule has 0 bridgehead atoms. The van der Waals surface area contributed by atoms with Crippen molar-refractivity contribution in [1.82, 2.24) is 10.3 Å². The summed E-state index contributed by atoms with van der Waals surface area (Å²) in [5.74, 6) is 0.815. The van der Waals surface area contributed by atoms with Gasteiger partial charge in [-0.15, -0.1) is 11.8 Å². The summed E-state index contributed by atoms with van der Waals surface area (Å²) in [6.07, 6.45) is 4.25. The predicted octanol–water partition coefficient (Wildman–Crippen LogP) is 2.44. The summed E-state index contributed by atoms with van der Waals surface area (Å²) >= 11 is 5.15. The third kappa shape index (κ3) is 3.95. The normalized spacial score (nSPS) is 19.0.